The second-order valence-electron chi connectivity index (χ2n) is 5.76. The Labute approximate surface area is 134 Å². The van der Waals surface area contributed by atoms with Crippen molar-refractivity contribution in [2.75, 3.05) is 0 Å². The van der Waals surface area contributed by atoms with Gasteiger partial charge >= 0.3 is 6.18 Å². The van der Waals surface area contributed by atoms with Crippen LogP contribution in [0.15, 0.2) is 18.2 Å². The molecule has 9 heteroatoms. The molecule has 0 radical (unpaired) electrons. The molecule has 24 heavy (non-hydrogen) atoms. The maximum Gasteiger partial charge on any atom is 0.393 e. The first-order valence-electron chi connectivity index (χ1n) is 7.47. The van der Waals surface area contributed by atoms with Gasteiger partial charge < -0.3 is 9.88 Å². The van der Waals surface area contributed by atoms with Gasteiger partial charge in [0.05, 0.1) is 12.5 Å². The molecule has 0 unspecified atom stereocenters. The van der Waals surface area contributed by atoms with Crippen LogP contribution in [0.3, 0.4) is 0 Å². The van der Waals surface area contributed by atoms with Crippen molar-refractivity contribution < 1.29 is 22.0 Å². The van der Waals surface area contributed by atoms with E-state index in [0.29, 0.717) is 11.6 Å². The van der Waals surface area contributed by atoms with Crippen LogP contribution in [0.5, 0.6) is 0 Å². The summed E-state index contributed by atoms with van der Waals surface area (Å²) in [6, 6.07) is 3.24. The van der Waals surface area contributed by atoms with E-state index in [9.17, 15) is 22.0 Å². The Kier molecular flexibility index (Phi) is 4.53. The van der Waals surface area contributed by atoms with E-state index in [4.69, 9.17) is 0 Å². The van der Waals surface area contributed by atoms with Gasteiger partial charge in [-0.3, -0.25) is 0 Å². The SMILES string of the molecule is Fc1ccc(CNCc2nnc3n2C[C@H](C(F)(F)F)CC3)c(F)c1. The fourth-order valence-corrected chi connectivity index (χ4v) is 2.76. The van der Waals surface area contributed by atoms with Gasteiger partial charge in [0.15, 0.2) is 0 Å². The van der Waals surface area contributed by atoms with Crippen LogP contribution in [0, 0.1) is 17.6 Å². The predicted molar refractivity (Wildman–Crippen MR) is 74.8 cm³/mol. The summed E-state index contributed by atoms with van der Waals surface area (Å²) in [5.74, 6) is -1.85. The monoisotopic (exact) mass is 346 g/mol. The first-order chi connectivity index (χ1) is 11.3. The minimum Gasteiger partial charge on any atom is -0.313 e. The van der Waals surface area contributed by atoms with Crippen LogP contribution >= 0.6 is 0 Å². The van der Waals surface area contributed by atoms with Crippen molar-refractivity contribution in [1.82, 2.24) is 20.1 Å². The maximum atomic E-state index is 13.5. The smallest absolute Gasteiger partial charge is 0.313 e. The van der Waals surface area contributed by atoms with Crippen LogP contribution in [0.25, 0.3) is 0 Å². The molecule has 1 aliphatic heterocycles. The van der Waals surface area contributed by atoms with E-state index in [1.54, 1.807) is 0 Å². The number of hydrogen-bond donors (Lipinski definition) is 1. The Balaban J connectivity index is 1.64. The van der Waals surface area contributed by atoms with E-state index in [1.165, 1.54) is 10.6 Å². The number of benzene rings is 1. The van der Waals surface area contributed by atoms with Gasteiger partial charge in [0.1, 0.15) is 23.3 Å². The number of nitrogens with zero attached hydrogens (tertiary/aromatic N) is 3. The molecule has 0 saturated heterocycles. The van der Waals surface area contributed by atoms with Crippen molar-refractivity contribution in [2.24, 2.45) is 5.92 Å². The number of halogens is 5. The molecular formula is C15H15F5N4. The summed E-state index contributed by atoms with van der Waals surface area (Å²) in [7, 11) is 0. The first kappa shape index (κ1) is 16.8. The van der Waals surface area contributed by atoms with Crippen molar-refractivity contribution in [3.8, 4) is 0 Å². The fourth-order valence-electron chi connectivity index (χ4n) is 2.76. The zero-order valence-electron chi connectivity index (χ0n) is 12.6. The van der Waals surface area contributed by atoms with Gasteiger partial charge in [-0.25, -0.2) is 8.78 Å². The van der Waals surface area contributed by atoms with Gasteiger partial charge in [-0.05, 0) is 12.5 Å². The average molecular weight is 346 g/mol. The number of aryl methyl sites for hydroxylation is 1. The van der Waals surface area contributed by atoms with Crippen LogP contribution in [0.1, 0.15) is 23.6 Å². The minimum absolute atomic E-state index is 0.00977. The van der Waals surface area contributed by atoms with Crippen molar-refractivity contribution in [2.45, 2.75) is 38.7 Å². The molecule has 0 spiro atoms. The quantitative estimate of drug-likeness (QED) is 0.866. The molecule has 1 atom stereocenters. The molecule has 0 bridgehead atoms. The largest absolute Gasteiger partial charge is 0.393 e. The third kappa shape index (κ3) is 3.55. The predicted octanol–water partition coefficient (Wildman–Crippen LogP) is 2.97. The van der Waals surface area contributed by atoms with Crippen molar-refractivity contribution in [3.63, 3.8) is 0 Å². The lowest BCUT2D eigenvalue weighted by Gasteiger charge is -2.26. The zero-order valence-corrected chi connectivity index (χ0v) is 12.6. The average Bonchev–Trinajstić information content (AvgIpc) is 2.91. The minimum atomic E-state index is -4.25. The highest BCUT2D eigenvalue weighted by Crippen LogP contribution is 2.34. The van der Waals surface area contributed by atoms with Gasteiger partial charge in [0.2, 0.25) is 0 Å². The van der Waals surface area contributed by atoms with E-state index in [-0.39, 0.29) is 38.0 Å². The highest BCUT2D eigenvalue weighted by Gasteiger charge is 2.42. The molecule has 1 aromatic heterocycles. The molecule has 0 fully saturated rings. The van der Waals surface area contributed by atoms with Gasteiger partial charge in [0.25, 0.3) is 0 Å². The second-order valence-corrected chi connectivity index (χ2v) is 5.76. The van der Waals surface area contributed by atoms with Crippen LogP contribution in [0.4, 0.5) is 22.0 Å². The van der Waals surface area contributed by atoms with Gasteiger partial charge in [0, 0.05) is 31.1 Å². The number of aromatic nitrogens is 3. The lowest BCUT2D eigenvalue weighted by atomic mass is 9.99. The normalized spacial score (nSPS) is 17.8. The Morgan fingerprint density at radius 3 is 2.67 bits per heavy atom. The zero-order chi connectivity index (χ0) is 17.3. The number of nitrogens with one attached hydrogen (secondary N) is 1. The highest BCUT2D eigenvalue weighted by molar-refractivity contribution is 5.18. The molecule has 130 valence electrons. The summed E-state index contributed by atoms with van der Waals surface area (Å²) >= 11 is 0. The Hall–Kier alpha value is -2.03. The van der Waals surface area contributed by atoms with E-state index < -0.39 is 23.7 Å². The summed E-state index contributed by atoms with van der Waals surface area (Å²) in [6.45, 7) is 0.0547. The van der Waals surface area contributed by atoms with Crippen LogP contribution in [0.2, 0.25) is 0 Å². The summed E-state index contributed by atoms with van der Waals surface area (Å²) in [6.07, 6.45) is -4.01. The Morgan fingerprint density at radius 1 is 1.17 bits per heavy atom. The summed E-state index contributed by atoms with van der Waals surface area (Å²) < 4.78 is 66.5. The molecule has 0 saturated carbocycles. The maximum absolute atomic E-state index is 13.5. The molecule has 0 amide bonds. The number of hydrogen-bond acceptors (Lipinski definition) is 3. The van der Waals surface area contributed by atoms with Gasteiger partial charge in [-0.1, -0.05) is 6.07 Å². The van der Waals surface area contributed by atoms with E-state index in [1.807, 2.05) is 0 Å². The second kappa shape index (κ2) is 6.46. The molecule has 3 rings (SSSR count). The van der Waals surface area contributed by atoms with E-state index >= 15 is 0 Å². The fraction of sp³-hybridized carbons (Fsp3) is 0.467. The Morgan fingerprint density at radius 2 is 1.96 bits per heavy atom. The summed E-state index contributed by atoms with van der Waals surface area (Å²) in [5, 5.41) is 10.7. The molecule has 1 aliphatic rings. The summed E-state index contributed by atoms with van der Waals surface area (Å²) in [4.78, 5) is 0. The standard InChI is InChI=1S/C15H15F5N4/c16-11-3-1-9(12(17)5-11)6-21-7-14-23-22-13-4-2-10(8-24(13)14)15(18,19)20/h1,3,5,10,21H,2,4,6-8H2/t10-/m1/s1. The van der Waals surface area contributed by atoms with Crippen LogP contribution in [-0.4, -0.2) is 20.9 Å². The topological polar surface area (TPSA) is 42.7 Å². The molecule has 2 heterocycles. The van der Waals surface area contributed by atoms with Crippen LogP contribution < -0.4 is 5.32 Å². The van der Waals surface area contributed by atoms with Gasteiger partial charge in [-0.15, -0.1) is 10.2 Å². The third-order valence-corrected chi connectivity index (χ3v) is 4.10. The van der Waals surface area contributed by atoms with Gasteiger partial charge in [-0.2, -0.15) is 13.2 Å². The molecule has 4 nitrogen and oxygen atoms in total. The lowest BCUT2D eigenvalue weighted by Crippen LogP contribution is -2.33. The highest BCUT2D eigenvalue weighted by atomic mass is 19.4. The molecular weight excluding hydrogens is 331 g/mol. The van der Waals surface area contributed by atoms with Crippen molar-refractivity contribution in [3.05, 3.63) is 47.0 Å². The molecule has 1 N–H and O–H groups in total. The number of rotatable bonds is 4. The van der Waals surface area contributed by atoms with E-state index in [0.717, 1.165) is 12.1 Å². The third-order valence-electron chi connectivity index (χ3n) is 4.10. The van der Waals surface area contributed by atoms with Crippen LogP contribution in [-0.2, 0) is 26.1 Å². The number of fused-ring (bicyclic) bond motifs is 1. The molecule has 2 aromatic rings. The van der Waals surface area contributed by atoms with Crippen molar-refractivity contribution >= 4 is 0 Å². The summed E-state index contributed by atoms with van der Waals surface area (Å²) in [5.41, 5.74) is 0.267. The molecule has 1 aromatic carbocycles. The molecule has 0 aliphatic carbocycles. The van der Waals surface area contributed by atoms with Crippen molar-refractivity contribution in [1.29, 1.82) is 0 Å². The number of alkyl halides is 3. The first-order valence-corrected chi connectivity index (χ1v) is 7.47. The van der Waals surface area contributed by atoms with E-state index in [2.05, 4.69) is 15.5 Å². The lowest BCUT2D eigenvalue weighted by molar-refractivity contribution is -0.182. The Bertz CT molecular complexity index is 725.